The Labute approximate surface area is 181 Å². The van der Waals surface area contributed by atoms with Gasteiger partial charge >= 0.3 is 6.03 Å². The van der Waals surface area contributed by atoms with Gasteiger partial charge in [-0.1, -0.05) is 6.92 Å². The smallest absolute Gasteiger partial charge is 0.322 e. The number of rotatable bonds is 6. The molecule has 0 radical (unpaired) electrons. The number of H-pyrrole nitrogens is 1. The highest BCUT2D eigenvalue weighted by Gasteiger charge is 2.29. The molecule has 29 heavy (non-hydrogen) atoms. The van der Waals surface area contributed by atoms with Crippen LogP contribution in [0.15, 0.2) is 18.2 Å². The first-order valence-electron chi connectivity index (χ1n) is 9.91. The van der Waals surface area contributed by atoms with Gasteiger partial charge in [-0.3, -0.25) is 4.90 Å². The zero-order valence-electron chi connectivity index (χ0n) is 17.0. The van der Waals surface area contributed by atoms with Gasteiger partial charge in [-0.05, 0) is 63.5 Å². The fraction of sp³-hybridized carbons (Fsp3) is 0.579. The second kappa shape index (κ2) is 9.11. The third kappa shape index (κ3) is 5.17. The lowest BCUT2D eigenvalue weighted by Gasteiger charge is -2.34. The van der Waals surface area contributed by atoms with Crippen LogP contribution < -0.4 is 10.2 Å². The van der Waals surface area contributed by atoms with Crippen molar-refractivity contribution in [1.29, 1.82) is 0 Å². The number of carbonyl (C=O) groups is 1. The SMILES string of the molecule is CCCS(=O)(=O)N1CCC(NC(=O)N(c2ccc3[nH]c(=S)sc3c2)C(C)C)CC1. The van der Waals surface area contributed by atoms with E-state index >= 15 is 0 Å². The van der Waals surface area contributed by atoms with E-state index in [1.807, 2.05) is 39.0 Å². The van der Waals surface area contributed by atoms with Crippen molar-refractivity contribution in [3.63, 3.8) is 0 Å². The van der Waals surface area contributed by atoms with Gasteiger partial charge in [0.05, 0.1) is 16.0 Å². The molecule has 1 fully saturated rings. The number of aromatic amines is 1. The fourth-order valence-electron chi connectivity index (χ4n) is 3.64. The summed E-state index contributed by atoms with van der Waals surface area (Å²) in [5.74, 6) is 0.180. The van der Waals surface area contributed by atoms with Crippen LogP contribution >= 0.6 is 23.6 Å². The van der Waals surface area contributed by atoms with E-state index in [1.54, 1.807) is 9.21 Å². The number of piperidine rings is 1. The molecule has 0 saturated carbocycles. The van der Waals surface area contributed by atoms with Gasteiger partial charge in [-0.15, -0.1) is 11.3 Å². The van der Waals surface area contributed by atoms with Gasteiger partial charge in [0.1, 0.15) is 0 Å². The number of aromatic nitrogens is 1. The van der Waals surface area contributed by atoms with Crippen molar-refractivity contribution in [1.82, 2.24) is 14.6 Å². The molecular weight excluding hydrogens is 428 g/mol. The molecule has 1 aromatic heterocycles. The van der Waals surface area contributed by atoms with Gasteiger partial charge in [-0.25, -0.2) is 17.5 Å². The molecule has 2 N–H and O–H groups in total. The lowest BCUT2D eigenvalue weighted by Crippen LogP contribution is -2.52. The van der Waals surface area contributed by atoms with E-state index in [9.17, 15) is 13.2 Å². The molecule has 2 heterocycles. The van der Waals surface area contributed by atoms with Crippen molar-refractivity contribution in [3.05, 3.63) is 22.2 Å². The molecule has 2 aromatic rings. The van der Waals surface area contributed by atoms with Crippen LogP contribution in [0.4, 0.5) is 10.5 Å². The Balaban J connectivity index is 1.68. The Morgan fingerprint density at radius 2 is 2.07 bits per heavy atom. The van der Waals surface area contributed by atoms with Gasteiger partial charge in [0, 0.05) is 30.9 Å². The van der Waals surface area contributed by atoms with Crippen molar-refractivity contribution in [3.8, 4) is 0 Å². The second-order valence-corrected chi connectivity index (χ2v) is 11.4. The summed E-state index contributed by atoms with van der Waals surface area (Å²) < 4.78 is 27.7. The summed E-state index contributed by atoms with van der Waals surface area (Å²) in [5, 5.41) is 3.10. The van der Waals surface area contributed by atoms with Gasteiger partial charge in [0.15, 0.2) is 3.95 Å². The lowest BCUT2D eigenvalue weighted by molar-refractivity contribution is 0.231. The Bertz CT molecular complexity index is 1020. The minimum atomic E-state index is -3.18. The standard InChI is InChI=1S/C19H28N4O3S3/c1-4-11-29(25,26)22-9-7-14(8-10-22)20-18(24)23(13(2)3)15-5-6-16-17(12-15)28-19(27)21-16/h5-6,12-14H,4,7-11H2,1-3H3,(H,20,24)(H,21,27). The number of benzene rings is 1. The molecule has 7 nitrogen and oxygen atoms in total. The van der Waals surface area contributed by atoms with Crippen LogP contribution in [0.5, 0.6) is 0 Å². The van der Waals surface area contributed by atoms with E-state index in [4.69, 9.17) is 12.2 Å². The van der Waals surface area contributed by atoms with Gasteiger partial charge in [-0.2, -0.15) is 0 Å². The molecule has 0 aliphatic carbocycles. The number of nitrogens with one attached hydrogen (secondary N) is 2. The van der Waals surface area contributed by atoms with E-state index in [1.165, 1.54) is 11.3 Å². The van der Waals surface area contributed by atoms with Gasteiger partial charge in [0.2, 0.25) is 10.0 Å². The maximum absolute atomic E-state index is 13.0. The van der Waals surface area contributed by atoms with Crippen LogP contribution in [0.25, 0.3) is 10.2 Å². The number of sulfonamides is 1. The molecule has 0 unspecified atom stereocenters. The van der Waals surface area contributed by atoms with Crippen molar-refractivity contribution in [2.75, 3.05) is 23.7 Å². The summed E-state index contributed by atoms with van der Waals surface area (Å²) in [4.78, 5) is 17.9. The van der Waals surface area contributed by atoms with Crippen molar-refractivity contribution in [2.24, 2.45) is 0 Å². The molecule has 3 rings (SSSR count). The number of hydrogen-bond acceptors (Lipinski definition) is 5. The van der Waals surface area contributed by atoms with E-state index in [0.29, 0.717) is 36.3 Å². The summed E-state index contributed by atoms with van der Waals surface area (Å²) in [6, 6.07) is 5.62. The number of amides is 2. The topological polar surface area (TPSA) is 85.5 Å². The zero-order chi connectivity index (χ0) is 21.2. The largest absolute Gasteiger partial charge is 0.337 e. The summed E-state index contributed by atoms with van der Waals surface area (Å²) in [5.41, 5.74) is 1.78. The molecule has 1 aromatic carbocycles. The summed E-state index contributed by atoms with van der Waals surface area (Å²) in [7, 11) is -3.18. The molecule has 2 amide bonds. The van der Waals surface area contributed by atoms with E-state index < -0.39 is 10.0 Å². The van der Waals surface area contributed by atoms with Crippen LogP contribution in [-0.4, -0.2) is 54.7 Å². The monoisotopic (exact) mass is 456 g/mol. The van der Waals surface area contributed by atoms with Crippen LogP contribution in [0.2, 0.25) is 0 Å². The minimum Gasteiger partial charge on any atom is -0.337 e. The molecule has 0 spiro atoms. The average molecular weight is 457 g/mol. The first kappa shape index (κ1) is 22.2. The van der Waals surface area contributed by atoms with Crippen LogP contribution in [0.1, 0.15) is 40.0 Å². The molecule has 10 heteroatoms. The van der Waals surface area contributed by atoms with Crippen LogP contribution in [0, 0.1) is 3.95 Å². The first-order chi connectivity index (χ1) is 13.7. The molecule has 1 aliphatic heterocycles. The molecule has 0 bridgehead atoms. The number of thiazole rings is 1. The van der Waals surface area contributed by atoms with E-state index in [2.05, 4.69) is 10.3 Å². The highest BCUT2D eigenvalue weighted by atomic mass is 32.2. The number of fused-ring (bicyclic) bond motifs is 1. The van der Waals surface area contributed by atoms with E-state index in [-0.39, 0.29) is 23.9 Å². The maximum Gasteiger partial charge on any atom is 0.322 e. The van der Waals surface area contributed by atoms with Crippen LogP contribution in [0.3, 0.4) is 0 Å². The third-order valence-corrected chi connectivity index (χ3v) is 8.33. The average Bonchev–Trinajstić information content (AvgIpc) is 3.01. The van der Waals surface area contributed by atoms with Crippen LogP contribution in [-0.2, 0) is 10.0 Å². The number of carbonyl (C=O) groups excluding carboxylic acids is 1. The summed E-state index contributed by atoms with van der Waals surface area (Å²) in [6.07, 6.45) is 1.86. The third-order valence-electron chi connectivity index (χ3n) is 5.05. The normalized spacial score (nSPS) is 16.4. The van der Waals surface area contributed by atoms with Crippen molar-refractivity contribution < 1.29 is 13.2 Å². The highest BCUT2D eigenvalue weighted by molar-refractivity contribution is 7.89. The first-order valence-corrected chi connectivity index (χ1v) is 12.7. The van der Waals surface area contributed by atoms with Crippen molar-refractivity contribution >= 4 is 55.5 Å². The molecule has 0 atom stereocenters. The minimum absolute atomic E-state index is 0.0237. The summed E-state index contributed by atoms with van der Waals surface area (Å²) in [6.45, 7) is 6.72. The van der Waals surface area contributed by atoms with E-state index in [0.717, 1.165) is 15.9 Å². The Morgan fingerprint density at radius 1 is 1.38 bits per heavy atom. The molecule has 1 aliphatic rings. The fourth-order valence-corrected chi connectivity index (χ4v) is 6.33. The number of anilines is 1. The predicted molar refractivity (Wildman–Crippen MR) is 122 cm³/mol. The lowest BCUT2D eigenvalue weighted by atomic mass is 10.1. The highest BCUT2D eigenvalue weighted by Crippen LogP contribution is 2.27. The zero-order valence-corrected chi connectivity index (χ0v) is 19.4. The van der Waals surface area contributed by atoms with Gasteiger partial charge < -0.3 is 10.3 Å². The second-order valence-electron chi connectivity index (χ2n) is 7.60. The molecular formula is C19H28N4O3S3. The Kier molecular flexibility index (Phi) is 6.98. The number of hydrogen-bond donors (Lipinski definition) is 2. The number of urea groups is 1. The maximum atomic E-state index is 13.0. The quantitative estimate of drug-likeness (QED) is 0.641. The van der Waals surface area contributed by atoms with Crippen molar-refractivity contribution in [2.45, 2.75) is 52.1 Å². The molecule has 1 saturated heterocycles. The Morgan fingerprint density at radius 3 is 2.69 bits per heavy atom. The Hall–Kier alpha value is -1.49. The molecule has 160 valence electrons. The summed E-state index contributed by atoms with van der Waals surface area (Å²) >= 11 is 6.70. The van der Waals surface area contributed by atoms with Gasteiger partial charge in [0.25, 0.3) is 0 Å². The number of nitrogens with zero attached hydrogens (tertiary/aromatic N) is 2. The predicted octanol–water partition coefficient (Wildman–Crippen LogP) is 4.09.